The summed E-state index contributed by atoms with van der Waals surface area (Å²) in [6, 6.07) is 29.6. The van der Waals surface area contributed by atoms with Crippen molar-refractivity contribution in [2.75, 3.05) is 40.4 Å². The summed E-state index contributed by atoms with van der Waals surface area (Å²) in [5, 5.41) is 16.0. The minimum Gasteiger partial charge on any atom is -0.870 e. The number of nitrogens with one attached hydrogen (secondary N) is 3. The molecule has 6 bridgehead atoms. The van der Waals surface area contributed by atoms with E-state index in [0.717, 1.165) is 77.7 Å². The van der Waals surface area contributed by atoms with Crippen molar-refractivity contribution in [1.82, 2.24) is 59.3 Å². The molecule has 9 atom stereocenters. The molecule has 0 radical (unpaired) electrons. The number of fused-ring (bicyclic) bond motifs is 9. The van der Waals surface area contributed by atoms with Crippen LogP contribution in [-0.4, -0.2) is 184 Å². The molecule has 7 N–H and O–H groups in total. The summed E-state index contributed by atoms with van der Waals surface area (Å²) in [6.45, 7) is -0.826. The van der Waals surface area contributed by atoms with E-state index in [1.807, 2.05) is 86.5 Å². The van der Waals surface area contributed by atoms with Gasteiger partial charge in [-0.05, 0) is 152 Å². The third kappa shape index (κ3) is 22.6. The minimum atomic E-state index is -1.09. The summed E-state index contributed by atoms with van der Waals surface area (Å²) in [6.07, 6.45) is 42.7. The number of aliphatic carboxylic acids is 1. The van der Waals surface area contributed by atoms with Gasteiger partial charge in [0.15, 0.2) is 5.15 Å². The maximum Gasteiger partial charge on any atom is 1.00 e. The number of carbonyl (C=O) groups excluding carboxylic acids is 5. The van der Waals surface area contributed by atoms with Crippen molar-refractivity contribution in [1.29, 1.82) is 0 Å². The summed E-state index contributed by atoms with van der Waals surface area (Å²) in [4.78, 5) is 130. The Morgan fingerprint density at radius 1 is 0.407 bits per heavy atom. The van der Waals surface area contributed by atoms with E-state index in [1.165, 1.54) is 188 Å². The Balaban J connectivity index is 0.000000169. The van der Waals surface area contributed by atoms with Crippen molar-refractivity contribution in [3.05, 3.63) is 120 Å². The van der Waals surface area contributed by atoms with Gasteiger partial charge in [0.2, 0.25) is 17.7 Å². The Kier molecular flexibility index (Phi) is 33.8. The number of carbonyl (C=O) groups is 6. The number of piperidine rings is 3. The number of carboxylic acid groups (broad SMARTS) is 1. The summed E-state index contributed by atoms with van der Waals surface area (Å²) >= 11 is 6.23. The number of methoxy groups -OCH3 is 2. The number of esters is 2. The van der Waals surface area contributed by atoms with Crippen LogP contribution in [0.4, 0.5) is 0 Å². The zero-order chi connectivity index (χ0) is 77.9. The first-order chi connectivity index (χ1) is 54.0. The molecule has 3 amide bonds. The Morgan fingerprint density at radius 2 is 0.690 bits per heavy atom. The van der Waals surface area contributed by atoms with Crippen LogP contribution in [0.3, 0.4) is 0 Å². The number of hydrogen-bond donors (Lipinski definition) is 5. The van der Waals surface area contributed by atoms with E-state index < -0.39 is 24.5 Å². The molecule has 15 rings (SSSR count). The predicted octanol–water partition coefficient (Wildman–Crippen LogP) is 8.10. The third-order valence-corrected chi connectivity index (χ3v) is 25.7. The third-order valence-electron chi connectivity index (χ3n) is 25.5. The molecular formula is C85H119ClN13NaO13. The minimum absolute atomic E-state index is 0. The molecule has 6 saturated heterocycles. The number of carboxylic acids is 1. The van der Waals surface area contributed by atoms with Gasteiger partial charge in [-0.15, -0.1) is 0 Å². The van der Waals surface area contributed by atoms with Gasteiger partial charge >= 0.3 is 47.5 Å². The predicted molar refractivity (Wildman–Crippen MR) is 430 cm³/mol. The molecule has 3 aromatic carbocycles. The van der Waals surface area contributed by atoms with Gasteiger partial charge in [0, 0.05) is 98.2 Å². The normalized spacial score (nSPS) is 24.4. The number of nitrogens with zero attached hydrogens (tertiary/aromatic N) is 9. The largest absolute Gasteiger partial charge is 1.00 e. The van der Waals surface area contributed by atoms with Crippen LogP contribution < -0.4 is 67.9 Å². The summed E-state index contributed by atoms with van der Waals surface area (Å²) in [5.41, 5.74) is 10.5. The number of para-hydroxylation sites is 6. The SMILES string of the molecule is COC(=O)CNC(=O)CCc1nc2ccccc2n(C2C[C@H]3CC[C@@H](C2)N3C2CCCCCCC2)c1=O.COC(=O)CNC(=O)CN.O=C(O)CNC(=O)CCc1nc2ccccc2n(C2C[C@H]3CC[C@@H](C2)N3C2CCCCCCC2)c1=O.O=c1c(Cl)nc2ccccc2n1C1C[C@H]2CC[C@@H](C1)N2C1CCCCCCC1.[Na+].[OH-]. The maximum atomic E-state index is 13.8. The molecule has 9 aliphatic rings. The van der Waals surface area contributed by atoms with E-state index in [4.69, 9.17) is 22.4 Å². The van der Waals surface area contributed by atoms with E-state index in [-0.39, 0.29) is 138 Å². The summed E-state index contributed by atoms with van der Waals surface area (Å²) < 4.78 is 14.7. The molecule has 26 nitrogen and oxygen atoms in total. The van der Waals surface area contributed by atoms with Gasteiger partial charge in [0.1, 0.15) is 31.0 Å². The molecule has 3 aliphatic carbocycles. The first kappa shape index (κ1) is 88.4. The fourth-order valence-electron chi connectivity index (χ4n) is 20.5. The topological polar surface area (TPSA) is 348 Å². The van der Waals surface area contributed by atoms with Crippen LogP contribution in [0, 0.1) is 0 Å². The number of ether oxygens (including phenoxy) is 2. The zero-order valence-electron chi connectivity index (χ0n) is 66.7. The van der Waals surface area contributed by atoms with Crippen LogP contribution in [0.15, 0.2) is 87.2 Å². The number of benzene rings is 3. The van der Waals surface area contributed by atoms with E-state index >= 15 is 0 Å². The smallest absolute Gasteiger partial charge is 0.870 e. The van der Waals surface area contributed by atoms with Gasteiger partial charge in [0.05, 0.1) is 53.9 Å². The molecule has 6 aromatic rings. The molecule has 0 spiro atoms. The molecule has 3 aromatic heterocycles. The zero-order valence-corrected chi connectivity index (χ0v) is 69.5. The fourth-order valence-corrected chi connectivity index (χ4v) is 20.7. The van der Waals surface area contributed by atoms with Crippen molar-refractivity contribution < 1.29 is 78.4 Å². The maximum absolute atomic E-state index is 13.8. The standard InChI is InChI=1S/C29H40N4O4.C28H38N4O4.C23H30ClN3O.C5H10N2O3.Na.H2O/c1-37-28(35)19-30-27(34)16-15-25-29(36)33(26-12-8-7-11-24(26)31-25)23-17-21-13-14-22(18-23)32(21)20-9-5-3-2-4-6-10-20;33-26(29-18-27(34)35)15-14-24-28(36)32(25-11-7-6-10-23(25)30-24)22-16-20-12-13-21(17-22)31(20)19-8-4-2-1-3-5-9-19;24-22-23(28)27(21-11-7-6-10-20(21)25-22)19-14-17-12-13-18(15-19)26(17)16-8-4-2-1-3-5-9-16;1-10-5(9)3-7-4(8)2-6;;/h7-8,11-12,20-23H,2-6,9-10,13-19H2,1H3,(H,30,34);6-7,10-11,19-22H,1-5,8-9,12-18H2,(H,29,33)(H,34,35);6-7,10-11,16-19H,1-5,8-9,12-15H2;2-3,6H2,1H3,(H,7,8);;1H2/q;;;;+1;/p-1/t21-,22+,23?;20-,21+,22?;17-,18+,19?;;;. The van der Waals surface area contributed by atoms with Gasteiger partial charge in [-0.2, -0.15) is 0 Å². The molecule has 6 aliphatic heterocycles. The van der Waals surface area contributed by atoms with Crippen molar-refractivity contribution in [2.24, 2.45) is 5.73 Å². The van der Waals surface area contributed by atoms with Crippen molar-refractivity contribution in [2.45, 2.75) is 310 Å². The first-order valence-electron chi connectivity index (χ1n) is 41.8. The van der Waals surface area contributed by atoms with Gasteiger partial charge in [-0.25, -0.2) is 15.0 Å². The number of amides is 3. The number of hydrogen-bond acceptors (Lipinski definition) is 19. The van der Waals surface area contributed by atoms with Gasteiger partial charge in [-0.1, -0.05) is 144 Å². The van der Waals surface area contributed by atoms with Crippen molar-refractivity contribution in [3.63, 3.8) is 0 Å². The van der Waals surface area contributed by atoms with Crippen molar-refractivity contribution in [3.8, 4) is 0 Å². The van der Waals surface area contributed by atoms with E-state index in [0.29, 0.717) is 59.7 Å². The molecule has 9 heterocycles. The average molecular weight is 1590 g/mol. The van der Waals surface area contributed by atoms with Gasteiger partial charge in [-0.3, -0.25) is 57.9 Å². The van der Waals surface area contributed by atoms with Crippen LogP contribution in [0.1, 0.15) is 254 Å². The van der Waals surface area contributed by atoms with E-state index in [2.05, 4.69) is 55.1 Å². The Bertz CT molecular complexity index is 4310. The molecular weight excluding hydrogens is 1470 g/mol. The fraction of sp³-hybridized carbons (Fsp3) is 0.647. The molecule has 3 saturated carbocycles. The number of aromatic nitrogens is 6. The van der Waals surface area contributed by atoms with Gasteiger partial charge < -0.3 is 55.4 Å². The Morgan fingerprint density at radius 3 is 1.00 bits per heavy atom. The molecule has 3 unspecified atom stereocenters. The van der Waals surface area contributed by atoms with Crippen LogP contribution in [-0.2, 0) is 51.1 Å². The van der Waals surface area contributed by atoms with Crippen molar-refractivity contribution >= 4 is 80.3 Å². The summed E-state index contributed by atoms with van der Waals surface area (Å²) in [7, 11) is 2.53. The van der Waals surface area contributed by atoms with Crippen LogP contribution in [0.2, 0.25) is 5.15 Å². The molecule has 113 heavy (non-hydrogen) atoms. The van der Waals surface area contributed by atoms with Crippen LogP contribution >= 0.6 is 11.6 Å². The summed E-state index contributed by atoms with van der Waals surface area (Å²) in [5.74, 6) is -3.12. The van der Waals surface area contributed by atoms with E-state index in [1.54, 1.807) is 0 Å². The quantitative estimate of drug-likeness (QED) is 0.0377. The number of aryl methyl sites for hydroxylation is 2. The van der Waals surface area contributed by atoms with Gasteiger partial charge in [0.25, 0.3) is 16.7 Å². The van der Waals surface area contributed by atoms with Crippen LogP contribution in [0.5, 0.6) is 0 Å². The molecule has 9 fully saturated rings. The Labute approximate surface area is 690 Å². The monoisotopic (exact) mass is 1590 g/mol. The van der Waals surface area contributed by atoms with E-state index in [9.17, 15) is 43.2 Å². The number of rotatable bonds is 19. The second-order valence-corrected chi connectivity index (χ2v) is 32.8. The number of halogens is 1. The Hall–Kier alpha value is -7.01. The van der Waals surface area contributed by atoms with Crippen LogP contribution in [0.25, 0.3) is 33.1 Å². The number of nitrogens with two attached hydrogens (primary N) is 1. The molecule has 28 heteroatoms. The second-order valence-electron chi connectivity index (χ2n) is 32.5. The first-order valence-corrected chi connectivity index (χ1v) is 42.2. The second kappa shape index (κ2) is 43.3. The average Bonchev–Trinajstić information content (AvgIpc) is 1.74. The molecule has 610 valence electrons.